The second-order valence-corrected chi connectivity index (χ2v) is 12.9. The lowest BCUT2D eigenvalue weighted by Crippen LogP contribution is -2.49. The van der Waals surface area contributed by atoms with Gasteiger partial charge in [-0.3, -0.25) is 19.2 Å². The monoisotopic (exact) mass is 609 g/mol. The van der Waals surface area contributed by atoms with Crippen LogP contribution < -0.4 is 20.5 Å². The fourth-order valence-corrected chi connectivity index (χ4v) is 5.55. The Morgan fingerprint density at radius 2 is 1.79 bits per heavy atom. The zero-order valence-corrected chi connectivity index (χ0v) is 25.6. The predicted octanol–water partition coefficient (Wildman–Crippen LogP) is 3.24. The molecule has 0 radical (unpaired) electrons. The van der Waals surface area contributed by atoms with Gasteiger partial charge < -0.3 is 25.8 Å². The van der Waals surface area contributed by atoms with Gasteiger partial charge in [0.25, 0.3) is 11.8 Å². The maximum Gasteiger partial charge on any atom is 0.258 e. The Morgan fingerprint density at radius 1 is 1.12 bits per heavy atom. The quantitative estimate of drug-likeness (QED) is 0.256. The van der Waals surface area contributed by atoms with Crippen LogP contribution in [0, 0.1) is 5.92 Å². The number of likely N-dealkylation sites (N-methyl/N-ethyl adjacent to an activating group) is 1. The molecule has 0 unspecified atom stereocenters. The molecule has 3 aromatic rings. The van der Waals surface area contributed by atoms with Gasteiger partial charge in [-0.25, -0.2) is 8.42 Å². The van der Waals surface area contributed by atoms with Crippen LogP contribution in [0.3, 0.4) is 0 Å². The molecule has 5 N–H and O–H groups in total. The van der Waals surface area contributed by atoms with Crippen LogP contribution in [0.4, 0.5) is 17.1 Å². The van der Waals surface area contributed by atoms with Gasteiger partial charge in [0, 0.05) is 31.1 Å². The molecule has 0 fully saturated rings. The number of nitrogens with zero attached hydrogens (tertiary/aromatic N) is 2. The topological polar surface area (TPSA) is 154 Å². The van der Waals surface area contributed by atoms with Gasteiger partial charge in [0.05, 0.1) is 41.5 Å². The van der Waals surface area contributed by atoms with E-state index in [0.29, 0.717) is 36.6 Å². The standard InChI is InChI=1S/C31H39N5O6S/c1-20-16-36(21(2)19-37)31(39)24-8-7-11-27(34-43(4,40)41)29(24)42-28(20)18-35(3)17-22-12-14-23(15-13-22)30(38)33-26-10-6-5-9-25(26)32/h5-15,20-21,28,34,37H,16-19,32H2,1-4H3,(H,33,38)/t20-,21+,28+/m0/s1. The maximum absolute atomic E-state index is 13.5. The molecule has 0 bridgehead atoms. The fraction of sp³-hybridized carbons (Fsp3) is 0.355. The van der Waals surface area contributed by atoms with Crippen molar-refractivity contribution in [1.29, 1.82) is 0 Å². The molecule has 3 aromatic carbocycles. The van der Waals surface area contributed by atoms with Crippen molar-refractivity contribution in [2.24, 2.45) is 5.92 Å². The second-order valence-electron chi connectivity index (χ2n) is 11.1. The summed E-state index contributed by atoms with van der Waals surface area (Å²) in [6, 6.07) is 18.7. The minimum absolute atomic E-state index is 0.156. The molecule has 4 rings (SSSR count). The van der Waals surface area contributed by atoms with Crippen LogP contribution in [0.5, 0.6) is 5.75 Å². The summed E-state index contributed by atoms with van der Waals surface area (Å²) in [4.78, 5) is 29.9. The van der Waals surface area contributed by atoms with Crippen molar-refractivity contribution >= 4 is 38.9 Å². The molecule has 0 saturated heterocycles. The number of para-hydroxylation sites is 3. The molecule has 2 amide bonds. The van der Waals surface area contributed by atoms with Crippen LogP contribution in [-0.2, 0) is 16.6 Å². The highest BCUT2D eigenvalue weighted by atomic mass is 32.2. The summed E-state index contributed by atoms with van der Waals surface area (Å²) in [6.07, 6.45) is 0.617. The summed E-state index contributed by atoms with van der Waals surface area (Å²) in [5.74, 6) is -0.599. The minimum Gasteiger partial charge on any atom is -0.486 e. The Balaban J connectivity index is 1.52. The number of anilines is 3. The second kappa shape index (κ2) is 13.4. The number of fused-ring (bicyclic) bond motifs is 1. The zero-order valence-electron chi connectivity index (χ0n) is 24.8. The Labute approximate surface area is 252 Å². The number of rotatable bonds is 10. The van der Waals surface area contributed by atoms with Crippen LogP contribution in [0.25, 0.3) is 0 Å². The number of carbonyl (C=O) groups is 2. The highest BCUT2D eigenvalue weighted by molar-refractivity contribution is 7.92. The van der Waals surface area contributed by atoms with E-state index in [0.717, 1.165) is 11.8 Å². The van der Waals surface area contributed by atoms with E-state index in [2.05, 4.69) is 14.9 Å². The van der Waals surface area contributed by atoms with Crippen LogP contribution in [0.2, 0.25) is 0 Å². The first kappa shape index (κ1) is 31.8. The number of nitrogens with two attached hydrogens (primary N) is 1. The highest BCUT2D eigenvalue weighted by Crippen LogP contribution is 2.35. The molecule has 1 aliphatic rings. The molecule has 11 nitrogen and oxygen atoms in total. The van der Waals surface area contributed by atoms with Gasteiger partial charge in [0.2, 0.25) is 10.0 Å². The number of hydrogen-bond acceptors (Lipinski definition) is 8. The average molecular weight is 610 g/mol. The van der Waals surface area contributed by atoms with Crippen molar-refractivity contribution in [2.45, 2.75) is 32.5 Å². The molecular weight excluding hydrogens is 570 g/mol. The lowest BCUT2D eigenvalue weighted by molar-refractivity contribution is 0.0344. The van der Waals surface area contributed by atoms with Crippen molar-refractivity contribution in [1.82, 2.24) is 9.80 Å². The number of carbonyl (C=O) groups excluding carboxylic acids is 2. The van der Waals surface area contributed by atoms with E-state index in [9.17, 15) is 23.1 Å². The molecule has 0 aromatic heterocycles. The van der Waals surface area contributed by atoms with Crippen LogP contribution in [0.15, 0.2) is 66.7 Å². The van der Waals surface area contributed by atoms with Gasteiger partial charge in [-0.05, 0) is 55.9 Å². The number of ether oxygens (including phenoxy) is 1. The number of aliphatic hydroxyl groups is 1. The van der Waals surface area contributed by atoms with Crippen LogP contribution in [0.1, 0.15) is 40.1 Å². The van der Waals surface area contributed by atoms with Crippen LogP contribution >= 0.6 is 0 Å². The maximum atomic E-state index is 13.5. The number of benzene rings is 3. The summed E-state index contributed by atoms with van der Waals surface area (Å²) >= 11 is 0. The van der Waals surface area contributed by atoms with E-state index >= 15 is 0 Å². The zero-order chi connectivity index (χ0) is 31.3. The summed E-state index contributed by atoms with van der Waals surface area (Å²) < 4.78 is 33.1. The third-order valence-corrected chi connectivity index (χ3v) is 7.95. The van der Waals surface area contributed by atoms with Gasteiger partial charge >= 0.3 is 0 Å². The van der Waals surface area contributed by atoms with E-state index in [4.69, 9.17) is 10.5 Å². The minimum atomic E-state index is -3.65. The molecule has 3 atom stereocenters. The normalized spacial score (nSPS) is 17.8. The summed E-state index contributed by atoms with van der Waals surface area (Å²) in [7, 11) is -1.71. The first-order chi connectivity index (χ1) is 20.4. The first-order valence-corrected chi connectivity index (χ1v) is 15.9. The SMILES string of the molecule is C[C@H](CO)N1C[C@H](C)[C@@H](CN(C)Cc2ccc(C(=O)Nc3ccccc3N)cc2)Oc2c(NS(C)(=O)=O)cccc2C1=O. The van der Waals surface area contributed by atoms with Gasteiger partial charge in [-0.1, -0.05) is 37.3 Å². The fourth-order valence-electron chi connectivity index (χ4n) is 4.99. The number of hydrogen-bond donors (Lipinski definition) is 4. The van der Waals surface area contributed by atoms with Crippen molar-refractivity contribution < 1.29 is 27.9 Å². The van der Waals surface area contributed by atoms with E-state index in [1.165, 1.54) is 0 Å². The number of nitrogens with one attached hydrogen (secondary N) is 2. The number of sulfonamides is 1. The Hall–Kier alpha value is -4.13. The molecule has 12 heteroatoms. The number of nitrogen functional groups attached to an aromatic ring is 1. The first-order valence-electron chi connectivity index (χ1n) is 14.0. The Kier molecular flexibility index (Phi) is 9.95. The molecule has 1 heterocycles. The molecule has 0 saturated carbocycles. The van der Waals surface area contributed by atoms with Crippen LogP contribution in [-0.4, -0.2) is 80.3 Å². The largest absolute Gasteiger partial charge is 0.486 e. The molecule has 0 spiro atoms. The van der Waals surface area contributed by atoms with E-state index in [1.54, 1.807) is 66.4 Å². The smallest absolute Gasteiger partial charge is 0.258 e. The van der Waals surface area contributed by atoms with Crippen molar-refractivity contribution in [2.75, 3.05) is 48.8 Å². The van der Waals surface area contributed by atoms with E-state index in [-0.39, 0.29) is 41.3 Å². The third kappa shape index (κ3) is 8.04. The van der Waals surface area contributed by atoms with E-state index < -0.39 is 22.2 Å². The van der Waals surface area contributed by atoms with Gasteiger partial charge in [0.15, 0.2) is 5.75 Å². The van der Waals surface area contributed by atoms with Crippen molar-refractivity contribution in [3.05, 3.63) is 83.4 Å². The van der Waals surface area contributed by atoms with Crippen molar-refractivity contribution in [3.8, 4) is 5.75 Å². The lowest BCUT2D eigenvalue weighted by atomic mass is 9.99. The predicted molar refractivity (Wildman–Crippen MR) is 168 cm³/mol. The van der Waals surface area contributed by atoms with Crippen molar-refractivity contribution in [3.63, 3.8) is 0 Å². The molecule has 43 heavy (non-hydrogen) atoms. The third-order valence-electron chi connectivity index (χ3n) is 7.36. The van der Waals surface area contributed by atoms with Gasteiger partial charge in [0.1, 0.15) is 6.10 Å². The number of aliphatic hydroxyl groups excluding tert-OH is 1. The summed E-state index contributed by atoms with van der Waals surface area (Å²) in [6.45, 7) is 4.87. The molecule has 230 valence electrons. The summed E-state index contributed by atoms with van der Waals surface area (Å²) in [5.41, 5.74) is 8.85. The highest BCUT2D eigenvalue weighted by Gasteiger charge is 2.34. The molecule has 1 aliphatic heterocycles. The Morgan fingerprint density at radius 3 is 2.44 bits per heavy atom. The van der Waals surface area contributed by atoms with Gasteiger partial charge in [-0.2, -0.15) is 0 Å². The Bertz CT molecular complexity index is 1560. The summed E-state index contributed by atoms with van der Waals surface area (Å²) in [5, 5.41) is 12.7. The molecule has 0 aliphatic carbocycles. The molecular formula is C31H39N5O6S. The van der Waals surface area contributed by atoms with E-state index in [1.807, 2.05) is 26.1 Å². The van der Waals surface area contributed by atoms with Gasteiger partial charge in [-0.15, -0.1) is 0 Å². The average Bonchev–Trinajstić information content (AvgIpc) is 2.95. The number of amides is 2. The lowest BCUT2D eigenvalue weighted by Gasteiger charge is -2.38.